The molecule has 1 N–H and O–H groups in total. The standard InChI is InChI=1S/C4H8O2.C3H8O/c1-3-6-4(2)5;1-3(2)4/h3H2,1-2H3;3-4H,1-2H3. The molecule has 0 aliphatic carbocycles. The van der Waals surface area contributed by atoms with Crippen molar-refractivity contribution in [3.63, 3.8) is 0 Å². The van der Waals surface area contributed by atoms with E-state index in [4.69, 9.17) is 5.11 Å². The van der Waals surface area contributed by atoms with Gasteiger partial charge in [0.05, 0.1) is 6.61 Å². The number of aliphatic hydroxyl groups excluding tert-OH is 1. The third kappa shape index (κ3) is 52.0. The van der Waals surface area contributed by atoms with Gasteiger partial charge in [0.1, 0.15) is 0 Å². The van der Waals surface area contributed by atoms with Crippen molar-refractivity contribution in [1.82, 2.24) is 0 Å². The Morgan fingerprint density at radius 1 is 1.60 bits per heavy atom. The number of aliphatic hydroxyl groups is 1. The van der Waals surface area contributed by atoms with Crippen LogP contribution in [0.1, 0.15) is 27.7 Å². The van der Waals surface area contributed by atoms with E-state index in [2.05, 4.69) is 4.74 Å². The normalized spacial score (nSPS) is 8.20. The lowest BCUT2D eigenvalue weighted by molar-refractivity contribution is -0.140. The first kappa shape index (κ1) is 12.1. The Kier molecular flexibility index (Phi) is 10.2. The highest BCUT2D eigenvalue weighted by atomic mass is 16.5. The van der Waals surface area contributed by atoms with E-state index < -0.39 is 0 Å². The Hall–Kier alpha value is -0.570. The molecular weight excluding hydrogens is 132 g/mol. The molecule has 0 aromatic heterocycles. The number of hydrogen-bond acceptors (Lipinski definition) is 3. The zero-order valence-electron chi connectivity index (χ0n) is 7.05. The zero-order valence-corrected chi connectivity index (χ0v) is 7.05. The summed E-state index contributed by atoms with van der Waals surface area (Å²) in [6, 6.07) is 0. The number of carbonyl (C=O) groups is 1. The minimum atomic E-state index is -0.211. The predicted molar refractivity (Wildman–Crippen MR) is 39.7 cm³/mol. The molecule has 0 saturated heterocycles. The van der Waals surface area contributed by atoms with Gasteiger partial charge in [0.15, 0.2) is 0 Å². The molecule has 0 fully saturated rings. The topological polar surface area (TPSA) is 46.5 Å². The third-order valence-corrected chi connectivity index (χ3v) is 0.348. The molecule has 0 aromatic carbocycles. The van der Waals surface area contributed by atoms with E-state index in [0.717, 1.165) is 0 Å². The van der Waals surface area contributed by atoms with Crippen molar-refractivity contribution in [3.05, 3.63) is 0 Å². The fourth-order valence-corrected chi connectivity index (χ4v) is 0.203. The van der Waals surface area contributed by atoms with Crippen LogP contribution < -0.4 is 0 Å². The number of esters is 1. The molecule has 0 unspecified atom stereocenters. The number of carbonyl (C=O) groups excluding carboxylic acids is 1. The van der Waals surface area contributed by atoms with Crippen molar-refractivity contribution in [2.24, 2.45) is 0 Å². The van der Waals surface area contributed by atoms with Crippen molar-refractivity contribution in [2.45, 2.75) is 33.8 Å². The van der Waals surface area contributed by atoms with Crippen LogP contribution in [0, 0.1) is 0 Å². The van der Waals surface area contributed by atoms with Crippen LogP contribution in [0.4, 0.5) is 0 Å². The van der Waals surface area contributed by atoms with Crippen LogP contribution in [0.2, 0.25) is 0 Å². The maximum Gasteiger partial charge on any atom is 0.302 e. The van der Waals surface area contributed by atoms with Crippen LogP contribution in [0.5, 0.6) is 0 Å². The van der Waals surface area contributed by atoms with Gasteiger partial charge < -0.3 is 9.84 Å². The lowest BCUT2D eigenvalue weighted by Gasteiger charge is -1.89. The summed E-state index contributed by atoms with van der Waals surface area (Å²) >= 11 is 0. The molecule has 0 rings (SSSR count). The molecule has 0 aliphatic heterocycles. The molecule has 0 aromatic rings. The molecule has 0 heterocycles. The molecule has 10 heavy (non-hydrogen) atoms. The predicted octanol–water partition coefficient (Wildman–Crippen LogP) is 0.956. The van der Waals surface area contributed by atoms with Crippen LogP contribution in [0.25, 0.3) is 0 Å². The highest BCUT2D eigenvalue weighted by Gasteiger charge is 1.81. The molecule has 0 radical (unpaired) electrons. The minimum absolute atomic E-state index is 0.167. The van der Waals surface area contributed by atoms with Crippen LogP contribution >= 0.6 is 0 Å². The van der Waals surface area contributed by atoms with E-state index in [1.165, 1.54) is 6.92 Å². The zero-order chi connectivity index (χ0) is 8.57. The van der Waals surface area contributed by atoms with E-state index >= 15 is 0 Å². The fourth-order valence-electron chi connectivity index (χ4n) is 0.203. The number of hydrogen-bond donors (Lipinski definition) is 1. The van der Waals surface area contributed by atoms with Gasteiger partial charge in [-0.3, -0.25) is 4.79 Å². The SMILES string of the molecule is CC(C)O.CCOC(C)=O. The van der Waals surface area contributed by atoms with Gasteiger partial charge in [0.25, 0.3) is 0 Å². The molecule has 3 heteroatoms. The van der Waals surface area contributed by atoms with E-state index in [1.54, 1.807) is 20.8 Å². The Bertz CT molecular complexity index is 76.2. The molecule has 3 nitrogen and oxygen atoms in total. The number of rotatable bonds is 1. The molecule has 0 spiro atoms. The first-order valence-electron chi connectivity index (χ1n) is 3.32. The average Bonchev–Trinajstić information content (AvgIpc) is 1.62. The van der Waals surface area contributed by atoms with Crippen molar-refractivity contribution >= 4 is 5.97 Å². The van der Waals surface area contributed by atoms with Gasteiger partial charge in [0, 0.05) is 13.0 Å². The molecule has 0 bridgehead atoms. The van der Waals surface area contributed by atoms with E-state index in [1.807, 2.05) is 0 Å². The van der Waals surface area contributed by atoms with Crippen molar-refractivity contribution < 1.29 is 14.6 Å². The summed E-state index contributed by atoms with van der Waals surface area (Å²) in [5.74, 6) is -0.211. The third-order valence-electron chi connectivity index (χ3n) is 0.348. The maximum absolute atomic E-state index is 9.82. The van der Waals surface area contributed by atoms with Crippen LogP contribution in [-0.2, 0) is 9.53 Å². The maximum atomic E-state index is 9.82. The van der Waals surface area contributed by atoms with Crippen LogP contribution in [0.3, 0.4) is 0 Å². The Labute approximate surface area is 62.0 Å². The molecule has 0 amide bonds. The number of ether oxygens (including phenoxy) is 1. The van der Waals surface area contributed by atoms with Crippen molar-refractivity contribution in [2.75, 3.05) is 6.61 Å². The van der Waals surface area contributed by atoms with E-state index in [9.17, 15) is 4.79 Å². The van der Waals surface area contributed by atoms with Crippen molar-refractivity contribution in [3.8, 4) is 0 Å². The van der Waals surface area contributed by atoms with Gasteiger partial charge in [-0.05, 0) is 20.8 Å². The first-order valence-corrected chi connectivity index (χ1v) is 3.32. The second-order valence-electron chi connectivity index (χ2n) is 2.02. The summed E-state index contributed by atoms with van der Waals surface area (Å²) in [7, 11) is 0. The summed E-state index contributed by atoms with van der Waals surface area (Å²) in [6.07, 6.45) is -0.167. The molecule has 0 atom stereocenters. The van der Waals surface area contributed by atoms with Gasteiger partial charge in [-0.2, -0.15) is 0 Å². The molecule has 0 saturated carbocycles. The summed E-state index contributed by atoms with van der Waals surface area (Å²) in [5.41, 5.74) is 0. The summed E-state index contributed by atoms with van der Waals surface area (Å²) < 4.78 is 4.40. The van der Waals surface area contributed by atoms with Gasteiger partial charge in [-0.1, -0.05) is 0 Å². The second kappa shape index (κ2) is 8.43. The summed E-state index contributed by atoms with van der Waals surface area (Å²) in [4.78, 5) is 9.82. The summed E-state index contributed by atoms with van der Waals surface area (Å²) in [5, 5.41) is 8.06. The van der Waals surface area contributed by atoms with Gasteiger partial charge in [-0.15, -0.1) is 0 Å². The average molecular weight is 148 g/mol. The molecule has 0 aliphatic rings. The van der Waals surface area contributed by atoms with Gasteiger partial charge in [0.2, 0.25) is 0 Å². The van der Waals surface area contributed by atoms with Crippen molar-refractivity contribution in [1.29, 1.82) is 0 Å². The van der Waals surface area contributed by atoms with Gasteiger partial charge in [-0.25, -0.2) is 0 Å². The quantitative estimate of drug-likeness (QED) is 0.563. The largest absolute Gasteiger partial charge is 0.466 e. The second-order valence-corrected chi connectivity index (χ2v) is 2.02. The van der Waals surface area contributed by atoms with E-state index in [0.29, 0.717) is 6.61 Å². The van der Waals surface area contributed by atoms with Crippen LogP contribution in [0.15, 0.2) is 0 Å². The monoisotopic (exact) mass is 148 g/mol. The smallest absolute Gasteiger partial charge is 0.302 e. The fraction of sp³-hybridized carbons (Fsp3) is 0.857. The Morgan fingerprint density at radius 3 is 1.90 bits per heavy atom. The lowest BCUT2D eigenvalue weighted by atomic mass is 10.5. The lowest BCUT2D eigenvalue weighted by Crippen LogP contribution is -1.95. The van der Waals surface area contributed by atoms with Gasteiger partial charge >= 0.3 is 5.97 Å². The first-order chi connectivity index (χ1) is 4.50. The highest BCUT2D eigenvalue weighted by molar-refractivity contribution is 5.65. The molecular formula is C7H16O3. The van der Waals surface area contributed by atoms with E-state index in [-0.39, 0.29) is 12.1 Å². The molecule has 62 valence electrons. The Balaban J connectivity index is 0. The minimum Gasteiger partial charge on any atom is -0.466 e. The van der Waals surface area contributed by atoms with Crippen LogP contribution in [-0.4, -0.2) is 23.8 Å². The Morgan fingerprint density at radius 2 is 1.90 bits per heavy atom. The summed E-state index contributed by atoms with van der Waals surface area (Å²) in [6.45, 7) is 7.10. The highest BCUT2D eigenvalue weighted by Crippen LogP contribution is 1.69.